The van der Waals surface area contributed by atoms with Crippen LogP contribution in [0, 0.1) is 0 Å². The summed E-state index contributed by atoms with van der Waals surface area (Å²) in [5.74, 6) is 0.0832. The molecule has 0 unspecified atom stereocenters. The summed E-state index contributed by atoms with van der Waals surface area (Å²) in [7, 11) is 0. The van der Waals surface area contributed by atoms with E-state index >= 15 is 0 Å². The quantitative estimate of drug-likeness (QED) is 0.750. The molecule has 4 heteroatoms. The van der Waals surface area contributed by atoms with Crippen molar-refractivity contribution in [3.05, 3.63) is 29.8 Å². The fourth-order valence-electron chi connectivity index (χ4n) is 2.55. The maximum atomic E-state index is 11.9. The number of para-hydroxylation sites is 1. The molecule has 0 aromatic heterocycles. The van der Waals surface area contributed by atoms with E-state index in [0.29, 0.717) is 6.42 Å². The molecule has 1 fully saturated rings. The van der Waals surface area contributed by atoms with E-state index in [-0.39, 0.29) is 5.91 Å². The molecular formula is C16H25N3O. The summed E-state index contributed by atoms with van der Waals surface area (Å²) in [5.41, 5.74) is 2.17. The van der Waals surface area contributed by atoms with Gasteiger partial charge in [-0.15, -0.1) is 0 Å². The number of likely N-dealkylation sites (tertiary alicyclic amines) is 1. The average Bonchev–Trinajstić information content (AvgIpc) is 2.94. The minimum atomic E-state index is 0.0832. The van der Waals surface area contributed by atoms with E-state index in [1.165, 1.54) is 31.5 Å². The van der Waals surface area contributed by atoms with Crippen LogP contribution in [0.15, 0.2) is 24.3 Å². The van der Waals surface area contributed by atoms with Gasteiger partial charge in [-0.05, 0) is 44.1 Å². The maximum absolute atomic E-state index is 11.9. The molecule has 0 saturated carbocycles. The lowest BCUT2D eigenvalue weighted by molar-refractivity contribution is -0.116. The summed E-state index contributed by atoms with van der Waals surface area (Å²) < 4.78 is 0. The van der Waals surface area contributed by atoms with Crippen LogP contribution < -0.4 is 10.6 Å². The first kappa shape index (κ1) is 15.0. The number of hydrogen-bond acceptors (Lipinski definition) is 3. The highest BCUT2D eigenvalue weighted by atomic mass is 16.1. The van der Waals surface area contributed by atoms with Crippen molar-refractivity contribution in [3.63, 3.8) is 0 Å². The predicted octanol–water partition coefficient (Wildman–Crippen LogP) is 2.22. The van der Waals surface area contributed by atoms with Crippen LogP contribution in [0.4, 0.5) is 5.69 Å². The maximum Gasteiger partial charge on any atom is 0.225 e. The minimum Gasteiger partial charge on any atom is -0.326 e. The second-order valence-corrected chi connectivity index (χ2v) is 5.29. The fraction of sp³-hybridized carbons (Fsp3) is 0.562. The van der Waals surface area contributed by atoms with Gasteiger partial charge in [-0.2, -0.15) is 0 Å². The highest BCUT2D eigenvalue weighted by Gasteiger charge is 2.14. The Kier molecular flexibility index (Phi) is 6.02. The number of carbonyl (C=O) groups excluding carboxylic acids is 1. The van der Waals surface area contributed by atoms with Crippen LogP contribution in [0.1, 0.15) is 31.7 Å². The van der Waals surface area contributed by atoms with Gasteiger partial charge < -0.3 is 10.6 Å². The van der Waals surface area contributed by atoms with Crippen LogP contribution in [-0.2, 0) is 11.3 Å². The van der Waals surface area contributed by atoms with Crippen molar-refractivity contribution >= 4 is 11.6 Å². The molecule has 0 aliphatic carbocycles. The molecule has 1 amide bonds. The van der Waals surface area contributed by atoms with Gasteiger partial charge in [0.1, 0.15) is 0 Å². The Morgan fingerprint density at radius 3 is 2.75 bits per heavy atom. The zero-order chi connectivity index (χ0) is 14.2. The molecule has 2 rings (SSSR count). The molecule has 2 N–H and O–H groups in total. The van der Waals surface area contributed by atoms with E-state index < -0.39 is 0 Å². The fourth-order valence-corrected chi connectivity index (χ4v) is 2.55. The smallest absolute Gasteiger partial charge is 0.225 e. The van der Waals surface area contributed by atoms with Gasteiger partial charge in [0.25, 0.3) is 0 Å². The second-order valence-electron chi connectivity index (χ2n) is 5.29. The van der Waals surface area contributed by atoms with Crippen LogP contribution in [0.5, 0.6) is 0 Å². The van der Waals surface area contributed by atoms with Crippen LogP contribution >= 0.6 is 0 Å². The standard InChI is InChI=1S/C16H25N3O/c1-2-17-10-9-16(20)18-15-8-4-3-7-14(15)13-19-11-5-6-12-19/h3-4,7-8,17H,2,5-6,9-13H2,1H3,(H,18,20). The van der Waals surface area contributed by atoms with Crippen molar-refractivity contribution in [2.75, 3.05) is 31.5 Å². The third kappa shape index (κ3) is 4.62. The molecule has 1 aliphatic heterocycles. The molecule has 1 heterocycles. The highest BCUT2D eigenvalue weighted by Crippen LogP contribution is 2.20. The summed E-state index contributed by atoms with van der Waals surface area (Å²) in [6, 6.07) is 8.13. The number of anilines is 1. The topological polar surface area (TPSA) is 44.4 Å². The van der Waals surface area contributed by atoms with Gasteiger partial charge in [0.15, 0.2) is 0 Å². The van der Waals surface area contributed by atoms with E-state index in [1.807, 2.05) is 25.1 Å². The van der Waals surface area contributed by atoms with Crippen molar-refractivity contribution in [2.45, 2.75) is 32.7 Å². The monoisotopic (exact) mass is 275 g/mol. The van der Waals surface area contributed by atoms with Gasteiger partial charge in [-0.3, -0.25) is 9.69 Å². The molecule has 1 saturated heterocycles. The molecule has 20 heavy (non-hydrogen) atoms. The van der Waals surface area contributed by atoms with Crippen LogP contribution in [0.2, 0.25) is 0 Å². The lowest BCUT2D eigenvalue weighted by atomic mass is 10.1. The summed E-state index contributed by atoms with van der Waals surface area (Å²) in [6.07, 6.45) is 3.10. The third-order valence-electron chi connectivity index (χ3n) is 3.66. The van der Waals surface area contributed by atoms with E-state index in [4.69, 9.17) is 0 Å². The Balaban J connectivity index is 1.91. The predicted molar refractivity (Wildman–Crippen MR) is 82.7 cm³/mol. The summed E-state index contributed by atoms with van der Waals surface area (Å²) in [4.78, 5) is 14.4. The molecule has 0 radical (unpaired) electrons. The van der Waals surface area contributed by atoms with Crippen LogP contribution in [-0.4, -0.2) is 37.0 Å². The van der Waals surface area contributed by atoms with E-state index in [0.717, 1.165) is 25.3 Å². The number of hydrogen-bond donors (Lipinski definition) is 2. The number of rotatable bonds is 7. The van der Waals surface area contributed by atoms with Gasteiger partial charge in [0, 0.05) is 25.2 Å². The molecule has 110 valence electrons. The first-order valence-corrected chi connectivity index (χ1v) is 7.60. The Labute approximate surface area is 121 Å². The molecule has 1 aliphatic rings. The molecule has 1 aromatic rings. The number of nitrogens with zero attached hydrogens (tertiary/aromatic N) is 1. The molecule has 0 bridgehead atoms. The third-order valence-corrected chi connectivity index (χ3v) is 3.66. The molecule has 4 nitrogen and oxygen atoms in total. The largest absolute Gasteiger partial charge is 0.326 e. The zero-order valence-corrected chi connectivity index (χ0v) is 12.3. The van der Waals surface area contributed by atoms with Gasteiger partial charge in [-0.25, -0.2) is 0 Å². The lowest BCUT2D eigenvalue weighted by Crippen LogP contribution is -2.23. The van der Waals surface area contributed by atoms with E-state index in [9.17, 15) is 4.79 Å². The minimum absolute atomic E-state index is 0.0832. The second kappa shape index (κ2) is 8.02. The Morgan fingerprint density at radius 2 is 2.00 bits per heavy atom. The Bertz CT molecular complexity index is 427. The highest BCUT2D eigenvalue weighted by molar-refractivity contribution is 5.91. The normalized spacial score (nSPS) is 15.4. The van der Waals surface area contributed by atoms with Crippen LogP contribution in [0.25, 0.3) is 0 Å². The summed E-state index contributed by atoms with van der Waals surface area (Å²) in [6.45, 7) is 6.95. The summed E-state index contributed by atoms with van der Waals surface area (Å²) in [5, 5.41) is 6.21. The number of carbonyl (C=O) groups is 1. The van der Waals surface area contributed by atoms with Crippen LogP contribution in [0.3, 0.4) is 0 Å². The van der Waals surface area contributed by atoms with E-state index in [2.05, 4.69) is 21.6 Å². The lowest BCUT2D eigenvalue weighted by Gasteiger charge is -2.17. The van der Waals surface area contributed by atoms with Crippen molar-refractivity contribution in [1.82, 2.24) is 10.2 Å². The first-order chi connectivity index (χ1) is 9.79. The van der Waals surface area contributed by atoms with Crippen molar-refractivity contribution in [1.29, 1.82) is 0 Å². The Hall–Kier alpha value is -1.39. The van der Waals surface area contributed by atoms with Gasteiger partial charge in [-0.1, -0.05) is 25.1 Å². The summed E-state index contributed by atoms with van der Waals surface area (Å²) >= 11 is 0. The van der Waals surface area contributed by atoms with E-state index in [1.54, 1.807) is 0 Å². The van der Waals surface area contributed by atoms with Gasteiger partial charge >= 0.3 is 0 Å². The van der Waals surface area contributed by atoms with Crippen molar-refractivity contribution in [2.24, 2.45) is 0 Å². The molecule has 1 aromatic carbocycles. The Morgan fingerprint density at radius 1 is 1.25 bits per heavy atom. The van der Waals surface area contributed by atoms with Gasteiger partial charge in [0.2, 0.25) is 5.91 Å². The molecular weight excluding hydrogens is 250 g/mol. The van der Waals surface area contributed by atoms with Crippen molar-refractivity contribution in [3.8, 4) is 0 Å². The average molecular weight is 275 g/mol. The number of amides is 1. The van der Waals surface area contributed by atoms with Gasteiger partial charge in [0.05, 0.1) is 0 Å². The number of nitrogens with one attached hydrogen (secondary N) is 2. The molecule has 0 spiro atoms. The zero-order valence-electron chi connectivity index (χ0n) is 12.3. The van der Waals surface area contributed by atoms with Crippen molar-refractivity contribution < 1.29 is 4.79 Å². The SMILES string of the molecule is CCNCCC(=O)Nc1ccccc1CN1CCCC1. The molecule has 0 atom stereocenters. The first-order valence-electron chi connectivity index (χ1n) is 7.60. The number of benzene rings is 1.